The topological polar surface area (TPSA) is 37.4 Å². The number of piperidine rings is 2. The van der Waals surface area contributed by atoms with Crippen molar-refractivity contribution < 1.29 is 9.59 Å². The molecule has 2 aliphatic heterocycles. The maximum absolute atomic E-state index is 11.4. The molecule has 0 aliphatic carbocycles. The molecular formula is C9H13NO2. The second-order valence-corrected chi connectivity index (χ2v) is 3.66. The number of ketones is 2. The lowest BCUT2D eigenvalue weighted by Gasteiger charge is -2.36. The van der Waals surface area contributed by atoms with Crippen LogP contribution in [0.1, 0.15) is 25.7 Å². The van der Waals surface area contributed by atoms with Gasteiger partial charge in [0.1, 0.15) is 0 Å². The lowest BCUT2D eigenvalue weighted by Crippen LogP contribution is -2.51. The van der Waals surface area contributed by atoms with Gasteiger partial charge in [-0.3, -0.25) is 14.5 Å². The zero-order valence-electron chi connectivity index (χ0n) is 7.08. The smallest absolute Gasteiger partial charge is 0.157 e. The van der Waals surface area contributed by atoms with Gasteiger partial charge in [0, 0.05) is 0 Å². The van der Waals surface area contributed by atoms with Gasteiger partial charge in [-0.2, -0.15) is 0 Å². The predicted octanol–water partition coefficient (Wildman–Crippen LogP) is 0.383. The molecular weight excluding hydrogens is 154 g/mol. The van der Waals surface area contributed by atoms with Crippen molar-refractivity contribution in [3.05, 3.63) is 0 Å². The number of nitrogens with zero attached hydrogens (tertiary/aromatic N) is 1. The molecule has 2 rings (SSSR count). The third kappa shape index (κ3) is 1.29. The standard InChI is InChI=1S/C9H13NO2/c11-7-5-9(12)8-3-1-2-4-10(8)6-7/h8H,1-6H2/t8-/m0/s1. The molecule has 0 bridgehead atoms. The van der Waals surface area contributed by atoms with Crippen molar-refractivity contribution in [3.8, 4) is 0 Å². The zero-order valence-corrected chi connectivity index (χ0v) is 7.08. The van der Waals surface area contributed by atoms with Crippen LogP contribution < -0.4 is 0 Å². The van der Waals surface area contributed by atoms with Crippen molar-refractivity contribution in [2.45, 2.75) is 31.7 Å². The number of rotatable bonds is 0. The van der Waals surface area contributed by atoms with Crippen LogP contribution in [0.2, 0.25) is 0 Å². The highest BCUT2D eigenvalue weighted by Gasteiger charge is 2.34. The summed E-state index contributed by atoms with van der Waals surface area (Å²) < 4.78 is 0. The van der Waals surface area contributed by atoms with Crippen molar-refractivity contribution in [2.24, 2.45) is 0 Å². The number of fused-ring (bicyclic) bond motifs is 1. The normalized spacial score (nSPS) is 31.8. The molecule has 2 aliphatic rings. The van der Waals surface area contributed by atoms with Crippen LogP contribution in [0.15, 0.2) is 0 Å². The lowest BCUT2D eigenvalue weighted by atomic mass is 9.92. The fraction of sp³-hybridized carbons (Fsp3) is 0.778. The fourth-order valence-corrected chi connectivity index (χ4v) is 2.14. The Morgan fingerprint density at radius 2 is 2.08 bits per heavy atom. The van der Waals surface area contributed by atoms with E-state index in [0.717, 1.165) is 25.8 Å². The minimum Gasteiger partial charge on any atom is -0.298 e. The van der Waals surface area contributed by atoms with Crippen molar-refractivity contribution in [3.63, 3.8) is 0 Å². The van der Waals surface area contributed by atoms with Crippen LogP contribution in [0.3, 0.4) is 0 Å². The molecule has 66 valence electrons. The average Bonchev–Trinajstić information content (AvgIpc) is 2.04. The minimum absolute atomic E-state index is 0.0800. The van der Waals surface area contributed by atoms with E-state index in [1.54, 1.807) is 0 Å². The van der Waals surface area contributed by atoms with Gasteiger partial charge in [-0.15, -0.1) is 0 Å². The van der Waals surface area contributed by atoms with Gasteiger partial charge in [-0.05, 0) is 19.4 Å². The number of carbonyl (C=O) groups excluding carboxylic acids is 2. The summed E-state index contributed by atoms with van der Waals surface area (Å²) in [5.74, 6) is 0.240. The summed E-state index contributed by atoms with van der Waals surface area (Å²) in [4.78, 5) is 24.5. The van der Waals surface area contributed by atoms with Crippen LogP contribution in [0.5, 0.6) is 0 Å². The van der Waals surface area contributed by atoms with Gasteiger partial charge in [0.05, 0.1) is 19.0 Å². The highest BCUT2D eigenvalue weighted by molar-refractivity contribution is 6.04. The van der Waals surface area contributed by atoms with E-state index in [-0.39, 0.29) is 24.0 Å². The van der Waals surface area contributed by atoms with E-state index >= 15 is 0 Å². The number of hydrogen-bond donors (Lipinski definition) is 0. The highest BCUT2D eigenvalue weighted by atomic mass is 16.2. The summed E-state index contributed by atoms with van der Waals surface area (Å²) in [5, 5.41) is 0. The molecule has 12 heavy (non-hydrogen) atoms. The molecule has 0 radical (unpaired) electrons. The molecule has 1 atom stereocenters. The Bertz CT molecular complexity index is 225. The first-order valence-corrected chi connectivity index (χ1v) is 4.56. The first kappa shape index (κ1) is 7.92. The van der Waals surface area contributed by atoms with E-state index in [1.165, 1.54) is 0 Å². The zero-order chi connectivity index (χ0) is 8.55. The molecule has 0 N–H and O–H groups in total. The summed E-state index contributed by atoms with van der Waals surface area (Å²) in [6.45, 7) is 1.44. The van der Waals surface area contributed by atoms with E-state index in [4.69, 9.17) is 0 Å². The third-order valence-corrected chi connectivity index (χ3v) is 2.74. The van der Waals surface area contributed by atoms with E-state index < -0.39 is 0 Å². The Balaban J connectivity index is 2.11. The summed E-state index contributed by atoms with van der Waals surface area (Å²) in [6, 6.07) is 0.0800. The molecule has 2 heterocycles. The van der Waals surface area contributed by atoms with E-state index in [1.807, 2.05) is 4.90 Å². The highest BCUT2D eigenvalue weighted by Crippen LogP contribution is 2.21. The third-order valence-electron chi connectivity index (χ3n) is 2.74. The van der Waals surface area contributed by atoms with E-state index in [0.29, 0.717) is 6.54 Å². The fourth-order valence-electron chi connectivity index (χ4n) is 2.14. The maximum atomic E-state index is 11.4. The Morgan fingerprint density at radius 1 is 1.25 bits per heavy atom. The monoisotopic (exact) mass is 167 g/mol. The van der Waals surface area contributed by atoms with Crippen LogP contribution in [0, 0.1) is 0 Å². The second-order valence-electron chi connectivity index (χ2n) is 3.66. The first-order chi connectivity index (χ1) is 5.77. The van der Waals surface area contributed by atoms with Gasteiger partial charge < -0.3 is 0 Å². The number of hydrogen-bond acceptors (Lipinski definition) is 3. The first-order valence-electron chi connectivity index (χ1n) is 4.56. The Morgan fingerprint density at radius 3 is 2.92 bits per heavy atom. The Kier molecular flexibility index (Phi) is 1.97. The molecule has 2 saturated heterocycles. The maximum Gasteiger partial charge on any atom is 0.157 e. The Hall–Kier alpha value is -0.700. The molecule has 0 aromatic heterocycles. The minimum atomic E-state index is 0.0800. The largest absolute Gasteiger partial charge is 0.298 e. The summed E-state index contributed by atoms with van der Waals surface area (Å²) in [6.07, 6.45) is 3.42. The van der Waals surface area contributed by atoms with Gasteiger partial charge in [0.2, 0.25) is 0 Å². The molecule has 3 heteroatoms. The van der Waals surface area contributed by atoms with Crippen molar-refractivity contribution in [1.82, 2.24) is 4.90 Å². The van der Waals surface area contributed by atoms with Crippen LogP contribution >= 0.6 is 0 Å². The molecule has 0 amide bonds. The predicted molar refractivity (Wildman–Crippen MR) is 43.8 cm³/mol. The summed E-state index contributed by atoms with van der Waals surface area (Å²) in [7, 11) is 0. The van der Waals surface area contributed by atoms with Crippen LogP contribution in [-0.2, 0) is 9.59 Å². The Labute approximate surface area is 71.7 Å². The van der Waals surface area contributed by atoms with E-state index in [9.17, 15) is 9.59 Å². The van der Waals surface area contributed by atoms with Crippen LogP contribution in [0.25, 0.3) is 0 Å². The van der Waals surface area contributed by atoms with Crippen molar-refractivity contribution in [1.29, 1.82) is 0 Å². The lowest BCUT2D eigenvalue weighted by molar-refractivity contribution is -0.137. The summed E-state index contributed by atoms with van der Waals surface area (Å²) >= 11 is 0. The van der Waals surface area contributed by atoms with E-state index in [2.05, 4.69) is 0 Å². The number of carbonyl (C=O) groups is 2. The molecule has 0 spiro atoms. The molecule has 0 unspecified atom stereocenters. The van der Waals surface area contributed by atoms with Crippen molar-refractivity contribution in [2.75, 3.05) is 13.1 Å². The molecule has 0 saturated carbocycles. The van der Waals surface area contributed by atoms with Gasteiger partial charge in [-0.25, -0.2) is 0 Å². The van der Waals surface area contributed by atoms with Gasteiger partial charge in [0.15, 0.2) is 11.6 Å². The summed E-state index contributed by atoms with van der Waals surface area (Å²) in [5.41, 5.74) is 0. The SMILES string of the molecule is O=C1CC(=O)[C@@H]2CCCCN2C1. The average molecular weight is 167 g/mol. The van der Waals surface area contributed by atoms with Gasteiger partial charge >= 0.3 is 0 Å². The van der Waals surface area contributed by atoms with Gasteiger partial charge in [-0.1, -0.05) is 6.42 Å². The molecule has 0 aromatic carbocycles. The van der Waals surface area contributed by atoms with Crippen molar-refractivity contribution >= 4 is 11.6 Å². The van der Waals surface area contributed by atoms with Gasteiger partial charge in [0.25, 0.3) is 0 Å². The molecule has 3 nitrogen and oxygen atoms in total. The second kappa shape index (κ2) is 2.98. The number of Topliss-reactive ketones (excluding diaryl/α,β-unsaturated/α-hetero) is 2. The van der Waals surface area contributed by atoms with Crippen LogP contribution in [0.4, 0.5) is 0 Å². The molecule has 0 aromatic rings. The molecule has 2 fully saturated rings. The van der Waals surface area contributed by atoms with Crippen LogP contribution in [-0.4, -0.2) is 35.6 Å². The quantitative estimate of drug-likeness (QED) is 0.489.